The van der Waals surface area contributed by atoms with Gasteiger partial charge in [-0.3, -0.25) is 9.78 Å². The third-order valence-corrected chi connectivity index (χ3v) is 3.81. The lowest BCUT2D eigenvalue weighted by atomic mass is 10.1. The van der Waals surface area contributed by atoms with Crippen LogP contribution in [0.25, 0.3) is 0 Å². The highest BCUT2D eigenvalue weighted by atomic mass is 32.2. The van der Waals surface area contributed by atoms with Crippen LogP contribution in [-0.2, 0) is 4.79 Å². The second-order valence-corrected chi connectivity index (χ2v) is 4.90. The van der Waals surface area contributed by atoms with Gasteiger partial charge in [0.05, 0.1) is 12.6 Å². The molecule has 0 aromatic carbocycles. The fraction of sp³-hybridized carbons (Fsp3) is 0.500. The Kier molecular flexibility index (Phi) is 2.90. The van der Waals surface area contributed by atoms with E-state index in [9.17, 15) is 4.79 Å². The van der Waals surface area contributed by atoms with Crippen molar-refractivity contribution in [3.63, 3.8) is 0 Å². The lowest BCUT2D eigenvalue weighted by Crippen LogP contribution is -2.11. The van der Waals surface area contributed by atoms with Crippen LogP contribution >= 0.6 is 11.8 Å². The molecule has 1 fully saturated rings. The van der Waals surface area contributed by atoms with Crippen molar-refractivity contribution in [1.82, 2.24) is 9.97 Å². The van der Waals surface area contributed by atoms with E-state index < -0.39 is 5.97 Å². The minimum Gasteiger partial charge on any atom is -0.481 e. The van der Waals surface area contributed by atoms with E-state index in [1.807, 2.05) is 0 Å². The Morgan fingerprint density at radius 3 is 2.87 bits per heavy atom. The molecule has 5 heteroatoms. The van der Waals surface area contributed by atoms with Crippen LogP contribution < -0.4 is 0 Å². The molecule has 80 valence electrons. The van der Waals surface area contributed by atoms with Gasteiger partial charge >= 0.3 is 5.97 Å². The van der Waals surface area contributed by atoms with Crippen molar-refractivity contribution in [2.75, 3.05) is 5.75 Å². The Hall–Kier alpha value is -1.10. The lowest BCUT2D eigenvalue weighted by molar-refractivity contribution is -0.138. The van der Waals surface area contributed by atoms with Gasteiger partial charge in [0.2, 0.25) is 0 Å². The highest BCUT2D eigenvalue weighted by Crippen LogP contribution is 2.51. The SMILES string of the molecule is O=C(O)CC1(CSc2cnccn2)CC1. The fourth-order valence-corrected chi connectivity index (χ4v) is 2.57. The summed E-state index contributed by atoms with van der Waals surface area (Å²) in [6.45, 7) is 0. The number of hydrogen-bond donors (Lipinski definition) is 1. The van der Waals surface area contributed by atoms with Crippen LogP contribution in [0.15, 0.2) is 23.6 Å². The summed E-state index contributed by atoms with van der Waals surface area (Å²) in [4.78, 5) is 18.7. The smallest absolute Gasteiger partial charge is 0.303 e. The molecule has 0 bridgehead atoms. The number of aliphatic carboxylic acids is 1. The summed E-state index contributed by atoms with van der Waals surface area (Å²) < 4.78 is 0. The van der Waals surface area contributed by atoms with Gasteiger partial charge in [-0.1, -0.05) is 0 Å². The molecule has 1 saturated carbocycles. The first-order chi connectivity index (χ1) is 7.20. The molecule has 2 rings (SSSR count). The number of aromatic nitrogens is 2. The van der Waals surface area contributed by atoms with Crippen molar-refractivity contribution in [2.45, 2.75) is 24.3 Å². The predicted molar refractivity (Wildman–Crippen MR) is 56.7 cm³/mol. The fourth-order valence-electron chi connectivity index (χ4n) is 1.46. The van der Waals surface area contributed by atoms with E-state index in [1.54, 1.807) is 30.4 Å². The van der Waals surface area contributed by atoms with Crippen molar-refractivity contribution >= 4 is 17.7 Å². The topological polar surface area (TPSA) is 63.1 Å². The molecule has 15 heavy (non-hydrogen) atoms. The summed E-state index contributed by atoms with van der Waals surface area (Å²) in [5, 5.41) is 9.62. The van der Waals surface area contributed by atoms with Gasteiger partial charge in [-0.15, -0.1) is 11.8 Å². The minimum absolute atomic E-state index is 0.0218. The normalized spacial score (nSPS) is 17.3. The number of nitrogens with zero attached hydrogens (tertiary/aromatic N) is 2. The van der Waals surface area contributed by atoms with E-state index in [0.717, 1.165) is 23.6 Å². The zero-order chi connectivity index (χ0) is 10.7. The molecule has 1 aromatic heterocycles. The van der Waals surface area contributed by atoms with E-state index in [2.05, 4.69) is 9.97 Å². The number of hydrogen-bond acceptors (Lipinski definition) is 4. The van der Waals surface area contributed by atoms with E-state index in [1.165, 1.54) is 0 Å². The molecule has 0 radical (unpaired) electrons. The van der Waals surface area contributed by atoms with Crippen molar-refractivity contribution in [3.05, 3.63) is 18.6 Å². The molecule has 0 saturated heterocycles. The van der Waals surface area contributed by atoms with Crippen molar-refractivity contribution in [2.24, 2.45) is 5.41 Å². The summed E-state index contributed by atoms with van der Waals surface area (Å²) >= 11 is 1.59. The van der Waals surface area contributed by atoms with E-state index >= 15 is 0 Å². The van der Waals surface area contributed by atoms with Crippen LogP contribution in [0.1, 0.15) is 19.3 Å². The van der Waals surface area contributed by atoms with Gasteiger partial charge in [0, 0.05) is 18.1 Å². The van der Waals surface area contributed by atoms with Crippen LogP contribution in [0.4, 0.5) is 0 Å². The Bertz CT molecular complexity index is 352. The highest BCUT2D eigenvalue weighted by molar-refractivity contribution is 7.99. The molecule has 0 spiro atoms. The molecule has 0 aliphatic heterocycles. The standard InChI is InChI=1S/C10H12N2O2S/c13-9(14)5-10(1-2-10)7-15-8-6-11-3-4-12-8/h3-4,6H,1-2,5,7H2,(H,13,14). The number of carboxylic acid groups (broad SMARTS) is 1. The maximum Gasteiger partial charge on any atom is 0.303 e. The third-order valence-electron chi connectivity index (χ3n) is 2.55. The molecule has 4 nitrogen and oxygen atoms in total. The molecular formula is C10H12N2O2S. The minimum atomic E-state index is -0.702. The quantitative estimate of drug-likeness (QED) is 0.773. The first kappa shape index (κ1) is 10.4. The average Bonchev–Trinajstić information content (AvgIpc) is 2.96. The summed E-state index contributed by atoms with van der Waals surface area (Å²) in [5.41, 5.74) is 0.0218. The average molecular weight is 224 g/mol. The van der Waals surface area contributed by atoms with Crippen molar-refractivity contribution in [1.29, 1.82) is 0 Å². The molecule has 1 aliphatic rings. The Balaban J connectivity index is 1.86. The zero-order valence-corrected chi connectivity index (χ0v) is 9.04. The van der Waals surface area contributed by atoms with Crippen LogP contribution in [0.3, 0.4) is 0 Å². The maximum atomic E-state index is 10.6. The summed E-state index contributed by atoms with van der Waals surface area (Å²) in [6, 6.07) is 0. The van der Waals surface area contributed by atoms with Gasteiger partial charge in [0.15, 0.2) is 0 Å². The molecule has 1 aliphatic carbocycles. The lowest BCUT2D eigenvalue weighted by Gasteiger charge is -2.10. The van der Waals surface area contributed by atoms with Crippen molar-refractivity contribution < 1.29 is 9.90 Å². The van der Waals surface area contributed by atoms with Gasteiger partial charge in [0.25, 0.3) is 0 Å². The van der Waals surface area contributed by atoms with Gasteiger partial charge < -0.3 is 5.11 Å². The van der Waals surface area contributed by atoms with Crippen molar-refractivity contribution in [3.8, 4) is 0 Å². The largest absolute Gasteiger partial charge is 0.481 e. The number of carbonyl (C=O) groups is 1. The number of rotatable bonds is 5. The van der Waals surface area contributed by atoms with Crippen LogP contribution in [0.5, 0.6) is 0 Å². The number of thioether (sulfide) groups is 1. The molecule has 1 heterocycles. The van der Waals surface area contributed by atoms with Gasteiger partial charge in [-0.25, -0.2) is 4.98 Å². The van der Waals surface area contributed by atoms with Crippen LogP contribution in [0, 0.1) is 5.41 Å². The van der Waals surface area contributed by atoms with E-state index in [-0.39, 0.29) is 11.8 Å². The Labute approximate surface area is 92.1 Å². The van der Waals surface area contributed by atoms with Crippen LogP contribution in [-0.4, -0.2) is 26.8 Å². The summed E-state index contributed by atoms with van der Waals surface area (Å²) in [6.07, 6.45) is 7.31. The molecule has 0 amide bonds. The van der Waals surface area contributed by atoms with Gasteiger partial charge in [-0.2, -0.15) is 0 Å². The highest BCUT2D eigenvalue weighted by Gasteiger charge is 2.44. The molecule has 0 unspecified atom stereocenters. The molecule has 1 aromatic rings. The monoisotopic (exact) mass is 224 g/mol. The summed E-state index contributed by atoms with van der Waals surface area (Å²) in [7, 11) is 0. The molecular weight excluding hydrogens is 212 g/mol. The first-order valence-corrected chi connectivity index (χ1v) is 5.79. The maximum absolute atomic E-state index is 10.6. The summed E-state index contributed by atoms with van der Waals surface area (Å²) in [5.74, 6) is 0.130. The third kappa shape index (κ3) is 2.92. The van der Waals surface area contributed by atoms with Gasteiger partial charge in [-0.05, 0) is 18.3 Å². The van der Waals surface area contributed by atoms with E-state index in [0.29, 0.717) is 0 Å². The van der Waals surface area contributed by atoms with Gasteiger partial charge in [0.1, 0.15) is 5.03 Å². The second kappa shape index (κ2) is 4.18. The zero-order valence-electron chi connectivity index (χ0n) is 8.22. The molecule has 0 atom stereocenters. The molecule has 1 N–H and O–H groups in total. The Morgan fingerprint density at radius 1 is 1.53 bits per heavy atom. The van der Waals surface area contributed by atoms with Crippen LogP contribution in [0.2, 0.25) is 0 Å². The first-order valence-electron chi connectivity index (χ1n) is 4.81. The predicted octanol–water partition coefficient (Wildman–Crippen LogP) is 1.82. The number of carboxylic acids is 1. The Morgan fingerprint density at radius 2 is 2.33 bits per heavy atom. The second-order valence-electron chi connectivity index (χ2n) is 3.90. The van der Waals surface area contributed by atoms with E-state index in [4.69, 9.17) is 5.11 Å².